The number of amides is 1. The Morgan fingerprint density at radius 3 is 2.26 bits per heavy atom. The lowest BCUT2D eigenvalue weighted by Gasteiger charge is -2.19. The highest BCUT2D eigenvalue weighted by Crippen LogP contribution is 2.20. The molecule has 1 aromatic carbocycles. The second-order valence-electron chi connectivity index (χ2n) is 6.37. The third-order valence-electron chi connectivity index (χ3n) is 2.94. The fourth-order valence-electron chi connectivity index (χ4n) is 1.97. The van der Waals surface area contributed by atoms with Gasteiger partial charge in [-0.05, 0) is 58.4 Å². The van der Waals surface area contributed by atoms with Crippen molar-refractivity contribution < 1.29 is 9.53 Å². The average molecular weight is 314 g/mol. The molecule has 0 spiro atoms. The van der Waals surface area contributed by atoms with Crippen molar-refractivity contribution in [2.75, 3.05) is 10.6 Å². The molecule has 2 rings (SSSR count). The second kappa shape index (κ2) is 6.64. The van der Waals surface area contributed by atoms with E-state index in [0.29, 0.717) is 11.6 Å². The minimum atomic E-state index is -0.554. The number of nitrogens with one attached hydrogen (secondary N) is 2. The molecule has 0 fully saturated rings. The molecule has 0 saturated heterocycles. The van der Waals surface area contributed by atoms with Gasteiger partial charge in [0.25, 0.3) is 0 Å². The minimum absolute atomic E-state index is 0.338. The molecule has 2 aromatic rings. The van der Waals surface area contributed by atoms with Gasteiger partial charge in [0.15, 0.2) is 11.6 Å². The molecule has 122 valence electrons. The molecule has 0 bridgehead atoms. The van der Waals surface area contributed by atoms with Gasteiger partial charge in [0.1, 0.15) is 5.60 Å². The van der Waals surface area contributed by atoms with E-state index < -0.39 is 11.7 Å². The number of benzene rings is 1. The van der Waals surface area contributed by atoms with Crippen LogP contribution < -0.4 is 10.6 Å². The Bertz CT molecular complexity index is 691. The molecule has 0 atom stereocenters. The van der Waals surface area contributed by atoms with Crippen molar-refractivity contribution >= 4 is 23.4 Å². The standard InChI is InChI=1S/C17H22N4O2/c1-11-6-7-13(12(2)10-11)18-14-8-9-15(21-20-14)19-16(22)23-17(3,4)5/h6-10H,1-5H3,(H,18,20)(H,19,21,22). The number of carbonyl (C=O) groups is 1. The predicted molar refractivity (Wildman–Crippen MR) is 91.1 cm³/mol. The van der Waals surface area contributed by atoms with Crippen LogP contribution in [0.2, 0.25) is 0 Å². The van der Waals surface area contributed by atoms with E-state index in [-0.39, 0.29) is 0 Å². The molecular weight excluding hydrogens is 292 g/mol. The molecule has 2 N–H and O–H groups in total. The first kappa shape index (κ1) is 16.7. The van der Waals surface area contributed by atoms with Gasteiger partial charge < -0.3 is 10.1 Å². The minimum Gasteiger partial charge on any atom is -0.444 e. The van der Waals surface area contributed by atoms with Gasteiger partial charge in [-0.2, -0.15) is 0 Å². The zero-order chi connectivity index (χ0) is 17.0. The molecule has 0 unspecified atom stereocenters. The Morgan fingerprint density at radius 2 is 1.70 bits per heavy atom. The monoisotopic (exact) mass is 314 g/mol. The van der Waals surface area contributed by atoms with Crippen molar-refractivity contribution in [3.8, 4) is 0 Å². The highest BCUT2D eigenvalue weighted by molar-refractivity contribution is 5.83. The summed E-state index contributed by atoms with van der Waals surface area (Å²) in [5, 5.41) is 13.8. The number of anilines is 3. The first-order chi connectivity index (χ1) is 10.7. The van der Waals surface area contributed by atoms with Crippen LogP contribution in [0, 0.1) is 13.8 Å². The normalized spacial score (nSPS) is 11.0. The van der Waals surface area contributed by atoms with Crippen LogP contribution in [0.3, 0.4) is 0 Å². The topological polar surface area (TPSA) is 76.1 Å². The molecule has 6 heteroatoms. The third kappa shape index (κ3) is 5.25. The summed E-state index contributed by atoms with van der Waals surface area (Å²) in [5.74, 6) is 0.942. The van der Waals surface area contributed by atoms with Crippen LogP contribution in [0.4, 0.5) is 22.1 Å². The van der Waals surface area contributed by atoms with Gasteiger partial charge in [-0.25, -0.2) is 4.79 Å². The Balaban J connectivity index is 2.01. The number of nitrogens with zero attached hydrogens (tertiary/aromatic N) is 2. The average Bonchev–Trinajstić information content (AvgIpc) is 2.42. The highest BCUT2D eigenvalue weighted by atomic mass is 16.6. The molecule has 1 aromatic heterocycles. The fraction of sp³-hybridized carbons (Fsp3) is 0.353. The van der Waals surface area contributed by atoms with Crippen LogP contribution in [0.1, 0.15) is 31.9 Å². The molecule has 0 aliphatic rings. The molecular formula is C17H22N4O2. The van der Waals surface area contributed by atoms with Gasteiger partial charge in [-0.15, -0.1) is 10.2 Å². The van der Waals surface area contributed by atoms with Crippen LogP contribution in [0.5, 0.6) is 0 Å². The number of aromatic nitrogens is 2. The van der Waals surface area contributed by atoms with Gasteiger partial charge >= 0.3 is 6.09 Å². The van der Waals surface area contributed by atoms with Gasteiger partial charge in [-0.3, -0.25) is 5.32 Å². The van der Waals surface area contributed by atoms with Crippen LogP contribution in [0.25, 0.3) is 0 Å². The molecule has 0 radical (unpaired) electrons. The first-order valence-corrected chi connectivity index (χ1v) is 7.41. The summed E-state index contributed by atoms with van der Waals surface area (Å²) in [5.41, 5.74) is 2.75. The maximum Gasteiger partial charge on any atom is 0.413 e. The van der Waals surface area contributed by atoms with E-state index in [2.05, 4.69) is 26.9 Å². The zero-order valence-electron chi connectivity index (χ0n) is 14.1. The van der Waals surface area contributed by atoms with Crippen molar-refractivity contribution in [3.63, 3.8) is 0 Å². The molecule has 23 heavy (non-hydrogen) atoms. The van der Waals surface area contributed by atoms with E-state index in [1.54, 1.807) is 32.9 Å². The second-order valence-corrected chi connectivity index (χ2v) is 6.37. The lowest BCUT2D eigenvalue weighted by Crippen LogP contribution is -2.27. The first-order valence-electron chi connectivity index (χ1n) is 7.41. The van der Waals surface area contributed by atoms with E-state index in [4.69, 9.17) is 4.74 Å². The molecule has 0 aliphatic carbocycles. The smallest absolute Gasteiger partial charge is 0.413 e. The number of hydrogen-bond acceptors (Lipinski definition) is 5. The molecule has 0 aliphatic heterocycles. The largest absolute Gasteiger partial charge is 0.444 e. The molecule has 1 amide bonds. The van der Waals surface area contributed by atoms with Gasteiger partial charge in [0.2, 0.25) is 0 Å². The Kier molecular flexibility index (Phi) is 4.83. The summed E-state index contributed by atoms with van der Waals surface area (Å²) < 4.78 is 5.16. The highest BCUT2D eigenvalue weighted by Gasteiger charge is 2.16. The Hall–Kier alpha value is -2.63. The predicted octanol–water partition coefficient (Wildman–Crippen LogP) is 4.18. The maximum atomic E-state index is 11.7. The Labute approximate surface area is 136 Å². The number of aryl methyl sites for hydroxylation is 2. The van der Waals surface area contributed by atoms with E-state index in [9.17, 15) is 4.79 Å². The lowest BCUT2D eigenvalue weighted by atomic mass is 10.1. The van der Waals surface area contributed by atoms with Crippen LogP contribution in [-0.2, 0) is 4.74 Å². The number of rotatable bonds is 3. The molecule has 1 heterocycles. The van der Waals surface area contributed by atoms with Crippen molar-refractivity contribution in [1.82, 2.24) is 10.2 Å². The SMILES string of the molecule is Cc1ccc(Nc2ccc(NC(=O)OC(C)(C)C)nn2)c(C)c1. The van der Waals surface area contributed by atoms with E-state index in [1.165, 1.54) is 5.56 Å². The van der Waals surface area contributed by atoms with Gasteiger partial charge in [-0.1, -0.05) is 17.7 Å². The Morgan fingerprint density at radius 1 is 1.04 bits per heavy atom. The van der Waals surface area contributed by atoms with E-state index in [0.717, 1.165) is 11.3 Å². The van der Waals surface area contributed by atoms with Gasteiger partial charge in [0.05, 0.1) is 0 Å². The quantitative estimate of drug-likeness (QED) is 0.888. The van der Waals surface area contributed by atoms with Crippen molar-refractivity contribution in [2.24, 2.45) is 0 Å². The number of hydrogen-bond donors (Lipinski definition) is 2. The maximum absolute atomic E-state index is 11.7. The summed E-state index contributed by atoms with van der Waals surface area (Å²) in [6.07, 6.45) is -0.554. The summed E-state index contributed by atoms with van der Waals surface area (Å²) in [6, 6.07) is 9.54. The van der Waals surface area contributed by atoms with Crippen LogP contribution in [-0.4, -0.2) is 21.9 Å². The lowest BCUT2D eigenvalue weighted by molar-refractivity contribution is 0.0635. The van der Waals surface area contributed by atoms with Gasteiger partial charge in [0, 0.05) is 5.69 Å². The molecule has 0 saturated carbocycles. The fourth-order valence-corrected chi connectivity index (χ4v) is 1.97. The third-order valence-corrected chi connectivity index (χ3v) is 2.94. The van der Waals surface area contributed by atoms with Crippen molar-refractivity contribution in [3.05, 3.63) is 41.5 Å². The summed E-state index contributed by atoms with van der Waals surface area (Å²) >= 11 is 0. The summed E-state index contributed by atoms with van der Waals surface area (Å²) in [7, 11) is 0. The zero-order valence-corrected chi connectivity index (χ0v) is 14.1. The molecule has 6 nitrogen and oxygen atoms in total. The van der Waals surface area contributed by atoms with Crippen LogP contribution >= 0.6 is 0 Å². The van der Waals surface area contributed by atoms with Crippen molar-refractivity contribution in [1.29, 1.82) is 0 Å². The number of ether oxygens (including phenoxy) is 1. The summed E-state index contributed by atoms with van der Waals surface area (Å²) in [4.78, 5) is 11.7. The van der Waals surface area contributed by atoms with Crippen LogP contribution in [0.15, 0.2) is 30.3 Å². The van der Waals surface area contributed by atoms with E-state index in [1.807, 2.05) is 26.0 Å². The van der Waals surface area contributed by atoms with Crippen molar-refractivity contribution in [2.45, 2.75) is 40.2 Å². The number of carbonyl (C=O) groups excluding carboxylic acids is 1. The summed E-state index contributed by atoms with van der Waals surface area (Å²) in [6.45, 7) is 9.48. The van der Waals surface area contributed by atoms with E-state index >= 15 is 0 Å².